The van der Waals surface area contributed by atoms with Gasteiger partial charge in [-0.1, -0.05) is 42.5 Å². The Morgan fingerprint density at radius 1 is 0.379 bits per heavy atom. The largest absolute Gasteiger partial charge is 0.493 e. The van der Waals surface area contributed by atoms with Crippen LogP contribution in [0.15, 0.2) is 127 Å². The SMILES string of the molecule is OCC1=C[C@H](CO)CC(OCc2cc(COc3cc(CO)cc(CO)c3)cc(OC/C=C\COc3cc(CCc4cc(CO)cc(CO)c4)cc(COc4cc(CO)cc(CO)c4)c3)c2)=C1. The first kappa shape index (κ1) is 49.4. The number of hydrogen-bond acceptors (Lipinski definition) is 13. The normalized spacial score (nSPS) is 13.7. The van der Waals surface area contributed by atoms with E-state index in [4.69, 9.17) is 23.7 Å². The third-order valence-corrected chi connectivity index (χ3v) is 10.8. The van der Waals surface area contributed by atoms with Crippen LogP contribution in [0.1, 0.15) is 67.6 Å². The number of benzene rings is 5. The molecule has 0 aliphatic heterocycles. The first-order valence-corrected chi connectivity index (χ1v) is 21.9. The highest BCUT2D eigenvalue weighted by Crippen LogP contribution is 2.28. The lowest BCUT2D eigenvalue weighted by atomic mass is 9.96. The third-order valence-electron chi connectivity index (χ3n) is 10.8. The number of allylic oxidation sites excluding steroid dienone is 1. The fourth-order valence-electron chi connectivity index (χ4n) is 7.65. The van der Waals surface area contributed by atoms with Gasteiger partial charge in [0.05, 0.1) is 52.0 Å². The second-order valence-electron chi connectivity index (χ2n) is 16.2. The minimum Gasteiger partial charge on any atom is -0.493 e. The van der Waals surface area contributed by atoms with Crippen molar-refractivity contribution in [3.8, 4) is 23.0 Å². The van der Waals surface area contributed by atoms with Crippen LogP contribution in [0.3, 0.4) is 0 Å². The van der Waals surface area contributed by atoms with Crippen molar-refractivity contribution in [2.45, 2.75) is 78.7 Å². The summed E-state index contributed by atoms with van der Waals surface area (Å²) in [4.78, 5) is 0. The molecular weight excluding hydrogens is 845 g/mol. The quantitative estimate of drug-likeness (QED) is 0.0304. The predicted octanol–water partition coefficient (Wildman–Crippen LogP) is 5.93. The molecule has 8 N–H and O–H groups in total. The summed E-state index contributed by atoms with van der Waals surface area (Å²) in [7, 11) is 0. The van der Waals surface area contributed by atoms with E-state index >= 15 is 0 Å². The highest BCUT2D eigenvalue weighted by atomic mass is 16.5. The van der Waals surface area contributed by atoms with Gasteiger partial charge in [0.1, 0.15) is 56.0 Å². The summed E-state index contributed by atoms with van der Waals surface area (Å²) in [6, 6.07) is 27.6. The van der Waals surface area contributed by atoms with Gasteiger partial charge in [-0.15, -0.1) is 0 Å². The Hall–Kier alpha value is -6.00. The van der Waals surface area contributed by atoms with E-state index in [1.165, 1.54) is 0 Å². The van der Waals surface area contributed by atoms with Crippen molar-refractivity contribution in [1.29, 1.82) is 0 Å². The van der Waals surface area contributed by atoms with Crippen molar-refractivity contribution >= 4 is 0 Å². The molecule has 1 atom stereocenters. The second-order valence-corrected chi connectivity index (χ2v) is 16.2. The van der Waals surface area contributed by atoms with E-state index in [1.54, 1.807) is 48.5 Å². The molecule has 1 aliphatic rings. The van der Waals surface area contributed by atoms with Crippen LogP contribution in [0.25, 0.3) is 0 Å². The van der Waals surface area contributed by atoms with Crippen LogP contribution in [-0.4, -0.2) is 67.3 Å². The molecule has 0 heterocycles. The molecule has 5 aromatic carbocycles. The Kier molecular flexibility index (Phi) is 19.2. The molecule has 5 aromatic rings. The summed E-state index contributed by atoms with van der Waals surface area (Å²) in [6.45, 7) is -0.162. The van der Waals surface area contributed by atoms with E-state index in [1.807, 2.05) is 66.8 Å². The van der Waals surface area contributed by atoms with E-state index < -0.39 is 0 Å². The molecule has 0 aromatic heterocycles. The summed E-state index contributed by atoms with van der Waals surface area (Å²) >= 11 is 0. The summed E-state index contributed by atoms with van der Waals surface area (Å²) in [5.41, 5.74) is 9.12. The maximum absolute atomic E-state index is 9.77. The third kappa shape index (κ3) is 15.3. The predicted molar refractivity (Wildman–Crippen MR) is 247 cm³/mol. The van der Waals surface area contributed by atoms with Gasteiger partial charge in [0.15, 0.2) is 0 Å². The average Bonchev–Trinajstić information content (AvgIpc) is 3.36. The van der Waals surface area contributed by atoms with Crippen LogP contribution < -0.4 is 18.9 Å². The fraction of sp³-hybridized carbons (Fsp3) is 0.321. The average molecular weight is 905 g/mol. The van der Waals surface area contributed by atoms with E-state index in [-0.39, 0.29) is 91.8 Å². The van der Waals surface area contributed by atoms with Crippen LogP contribution in [-0.2, 0) is 77.0 Å². The zero-order valence-electron chi connectivity index (χ0n) is 37.0. The smallest absolute Gasteiger partial charge is 0.120 e. The fourth-order valence-corrected chi connectivity index (χ4v) is 7.65. The Bertz CT molecular complexity index is 2290. The minimum atomic E-state index is -0.193. The van der Waals surface area contributed by atoms with Crippen LogP contribution in [0.4, 0.5) is 0 Å². The summed E-state index contributed by atoms with van der Waals surface area (Å²) < 4.78 is 30.8. The zero-order valence-corrected chi connectivity index (χ0v) is 37.0. The second kappa shape index (κ2) is 25.6. The van der Waals surface area contributed by atoms with Gasteiger partial charge in [0.2, 0.25) is 0 Å². The van der Waals surface area contributed by atoms with Gasteiger partial charge in [-0.05, 0) is 152 Å². The first-order valence-electron chi connectivity index (χ1n) is 21.9. The van der Waals surface area contributed by atoms with Gasteiger partial charge in [-0.25, -0.2) is 0 Å². The molecule has 0 spiro atoms. The summed E-state index contributed by atoms with van der Waals surface area (Å²) in [5.74, 6) is 2.74. The van der Waals surface area contributed by atoms with Crippen molar-refractivity contribution < 1.29 is 64.5 Å². The highest BCUT2D eigenvalue weighted by Gasteiger charge is 2.16. The monoisotopic (exact) mass is 904 g/mol. The number of aliphatic hydroxyl groups excluding tert-OH is 8. The Morgan fingerprint density at radius 3 is 1.14 bits per heavy atom. The van der Waals surface area contributed by atoms with Gasteiger partial charge >= 0.3 is 0 Å². The van der Waals surface area contributed by atoms with Crippen molar-refractivity contribution in [1.82, 2.24) is 0 Å². The number of ether oxygens (including phenoxy) is 5. The number of rotatable bonds is 26. The van der Waals surface area contributed by atoms with Crippen LogP contribution in [0, 0.1) is 5.92 Å². The molecule has 0 unspecified atom stereocenters. The molecule has 350 valence electrons. The minimum absolute atomic E-state index is 0.0591. The molecule has 0 fully saturated rings. The molecule has 13 nitrogen and oxygen atoms in total. The molecular formula is C53H60O13. The van der Waals surface area contributed by atoms with E-state index in [0.29, 0.717) is 75.8 Å². The van der Waals surface area contributed by atoms with Crippen LogP contribution in [0.5, 0.6) is 23.0 Å². The lowest BCUT2D eigenvalue weighted by Crippen LogP contribution is -2.12. The maximum Gasteiger partial charge on any atom is 0.120 e. The molecule has 1 aliphatic carbocycles. The van der Waals surface area contributed by atoms with Crippen LogP contribution in [0.2, 0.25) is 0 Å². The zero-order chi connectivity index (χ0) is 46.7. The van der Waals surface area contributed by atoms with Gasteiger partial charge in [-0.3, -0.25) is 0 Å². The Balaban J connectivity index is 1.13. The molecule has 6 rings (SSSR count). The van der Waals surface area contributed by atoms with Crippen LogP contribution >= 0.6 is 0 Å². The van der Waals surface area contributed by atoms with Gasteiger partial charge in [-0.2, -0.15) is 0 Å². The Morgan fingerprint density at radius 2 is 0.712 bits per heavy atom. The van der Waals surface area contributed by atoms with Crippen molar-refractivity contribution in [3.63, 3.8) is 0 Å². The van der Waals surface area contributed by atoms with E-state index in [2.05, 4.69) is 0 Å². The van der Waals surface area contributed by atoms with Crippen molar-refractivity contribution in [3.05, 3.63) is 188 Å². The standard InChI is InChI=1S/C53H60O13/c54-25-38-7-36(8-39(10-38)26-55)3-4-37-9-46(33-64-51-16-40(27-56)11-41(17-51)28-57)22-49(15-37)62-5-1-2-6-63-50-23-47(34-65-52-18-42(29-58)12-43(19-52)30-59)14-48(24-50)35-66-53-20-44(31-60)13-45(21-53)32-61/h1-2,7-20,22-24,45,54-61H,3-6,21,25-35H2/b2-1-/t45-/m0/s1. The van der Waals surface area contributed by atoms with Gasteiger partial charge in [0.25, 0.3) is 0 Å². The van der Waals surface area contributed by atoms with E-state index in [0.717, 1.165) is 38.9 Å². The number of aliphatic hydroxyl groups is 8. The summed E-state index contributed by atoms with van der Waals surface area (Å²) in [6.07, 6.45) is 9.17. The molecule has 0 saturated carbocycles. The maximum atomic E-state index is 9.77. The van der Waals surface area contributed by atoms with E-state index in [9.17, 15) is 40.9 Å². The lowest BCUT2D eigenvalue weighted by molar-refractivity contribution is 0.164. The first-order chi connectivity index (χ1) is 32.2. The van der Waals surface area contributed by atoms with Crippen molar-refractivity contribution in [2.24, 2.45) is 5.92 Å². The topological polar surface area (TPSA) is 208 Å². The summed E-state index contributed by atoms with van der Waals surface area (Å²) in [5, 5.41) is 77.9. The number of aryl methyl sites for hydroxylation is 2. The molecule has 0 bridgehead atoms. The molecule has 0 radical (unpaired) electrons. The van der Waals surface area contributed by atoms with Gasteiger partial charge in [0, 0.05) is 18.9 Å². The lowest BCUT2D eigenvalue weighted by Gasteiger charge is -2.20. The Labute approximate surface area is 385 Å². The number of hydrogen-bond donors (Lipinski definition) is 8. The molecule has 13 heteroatoms. The molecule has 0 saturated heterocycles. The van der Waals surface area contributed by atoms with Gasteiger partial charge < -0.3 is 64.5 Å². The molecule has 66 heavy (non-hydrogen) atoms. The molecule has 0 amide bonds. The van der Waals surface area contributed by atoms with Crippen molar-refractivity contribution in [2.75, 3.05) is 26.4 Å². The highest BCUT2D eigenvalue weighted by molar-refractivity contribution is 5.39.